The standard InChI is InChI=1S/C30H30N2O3S/c1-20-7-3-5-9-24(20)27-17-21(11-13-23-19-31-18-22-8-4-6-10-25(22)23)12-14-26(27)29(33)32-28(30(34)35)15-16-36-2/h3-10,12,14,17-19,28H,11,13,15-16H2,1-2H3,(H,32,33)(H,34,35). The Labute approximate surface area is 216 Å². The van der Waals surface area contributed by atoms with E-state index in [0.717, 1.165) is 40.5 Å². The van der Waals surface area contributed by atoms with E-state index in [-0.39, 0.29) is 5.91 Å². The normalized spacial score (nSPS) is 11.8. The predicted molar refractivity (Wildman–Crippen MR) is 148 cm³/mol. The van der Waals surface area contributed by atoms with Crippen molar-refractivity contribution in [2.75, 3.05) is 12.0 Å². The number of nitrogens with zero attached hydrogens (tertiary/aromatic N) is 1. The fourth-order valence-electron chi connectivity index (χ4n) is 4.43. The molecular weight excluding hydrogens is 468 g/mol. The van der Waals surface area contributed by atoms with E-state index in [0.29, 0.717) is 17.7 Å². The Morgan fingerprint density at radius 3 is 2.53 bits per heavy atom. The predicted octanol–water partition coefficient (Wildman–Crippen LogP) is 5.93. The van der Waals surface area contributed by atoms with Gasteiger partial charge in [-0.3, -0.25) is 9.78 Å². The molecule has 0 fully saturated rings. The Balaban J connectivity index is 1.65. The number of fused-ring (bicyclic) bond motifs is 1. The molecule has 1 aromatic heterocycles. The molecule has 0 aliphatic heterocycles. The monoisotopic (exact) mass is 498 g/mol. The maximum atomic E-state index is 13.3. The van der Waals surface area contributed by atoms with Crippen molar-refractivity contribution in [3.63, 3.8) is 0 Å². The molecule has 0 aliphatic rings. The van der Waals surface area contributed by atoms with E-state index >= 15 is 0 Å². The summed E-state index contributed by atoms with van der Waals surface area (Å²) in [6, 6.07) is 21.1. The Bertz CT molecular complexity index is 1380. The fourth-order valence-corrected chi connectivity index (χ4v) is 4.90. The van der Waals surface area contributed by atoms with Crippen molar-refractivity contribution in [1.82, 2.24) is 10.3 Å². The third-order valence-corrected chi connectivity index (χ3v) is 7.06. The van der Waals surface area contributed by atoms with E-state index in [4.69, 9.17) is 0 Å². The Kier molecular flexibility index (Phi) is 8.39. The number of rotatable bonds is 10. The SMILES string of the molecule is CSCCC(NC(=O)c1ccc(CCc2cncc3ccccc23)cc1-c1ccccc1C)C(=O)O. The summed E-state index contributed by atoms with van der Waals surface area (Å²) in [5.41, 5.74) is 5.61. The molecule has 0 spiro atoms. The summed E-state index contributed by atoms with van der Waals surface area (Å²) < 4.78 is 0. The summed E-state index contributed by atoms with van der Waals surface area (Å²) in [7, 11) is 0. The van der Waals surface area contributed by atoms with Gasteiger partial charge in [0.15, 0.2) is 0 Å². The van der Waals surface area contributed by atoms with Crippen LogP contribution >= 0.6 is 11.8 Å². The Morgan fingerprint density at radius 1 is 0.972 bits per heavy atom. The van der Waals surface area contributed by atoms with Gasteiger partial charge in [0, 0.05) is 23.3 Å². The van der Waals surface area contributed by atoms with Crippen LogP contribution in [-0.2, 0) is 17.6 Å². The topological polar surface area (TPSA) is 79.3 Å². The van der Waals surface area contributed by atoms with Crippen LogP contribution in [0.5, 0.6) is 0 Å². The maximum Gasteiger partial charge on any atom is 0.326 e. The highest BCUT2D eigenvalue weighted by molar-refractivity contribution is 7.98. The molecule has 0 radical (unpaired) electrons. The van der Waals surface area contributed by atoms with Gasteiger partial charge in [0.1, 0.15) is 6.04 Å². The summed E-state index contributed by atoms with van der Waals surface area (Å²) in [4.78, 5) is 29.4. The highest BCUT2D eigenvalue weighted by Crippen LogP contribution is 2.29. The number of amides is 1. The lowest BCUT2D eigenvalue weighted by molar-refractivity contribution is -0.139. The number of hydrogen-bond acceptors (Lipinski definition) is 4. The van der Waals surface area contributed by atoms with Crippen LogP contribution in [0, 0.1) is 6.92 Å². The lowest BCUT2D eigenvalue weighted by Crippen LogP contribution is -2.41. The van der Waals surface area contributed by atoms with Crippen LogP contribution in [0.1, 0.15) is 33.5 Å². The second-order valence-corrected chi connectivity index (χ2v) is 9.85. The van der Waals surface area contributed by atoms with Crippen molar-refractivity contribution in [2.45, 2.75) is 32.2 Å². The molecule has 1 atom stereocenters. The molecule has 1 heterocycles. The van der Waals surface area contributed by atoms with Gasteiger partial charge >= 0.3 is 5.97 Å². The average molecular weight is 499 g/mol. The van der Waals surface area contributed by atoms with Crippen LogP contribution in [-0.4, -0.2) is 40.0 Å². The molecule has 184 valence electrons. The van der Waals surface area contributed by atoms with Crippen LogP contribution < -0.4 is 5.32 Å². The molecule has 36 heavy (non-hydrogen) atoms. The van der Waals surface area contributed by atoms with Gasteiger partial charge in [0.25, 0.3) is 5.91 Å². The van der Waals surface area contributed by atoms with E-state index in [1.807, 2.05) is 74.1 Å². The smallest absolute Gasteiger partial charge is 0.326 e. The van der Waals surface area contributed by atoms with Crippen LogP contribution in [0.25, 0.3) is 21.9 Å². The zero-order valence-electron chi connectivity index (χ0n) is 20.5. The molecule has 1 amide bonds. The molecule has 0 saturated carbocycles. The van der Waals surface area contributed by atoms with Gasteiger partial charge in [0.05, 0.1) is 0 Å². The van der Waals surface area contributed by atoms with E-state index in [1.165, 1.54) is 10.9 Å². The minimum Gasteiger partial charge on any atom is -0.480 e. The maximum absolute atomic E-state index is 13.3. The minimum absolute atomic E-state index is 0.369. The molecule has 0 bridgehead atoms. The molecule has 0 aliphatic carbocycles. The van der Waals surface area contributed by atoms with Gasteiger partial charge in [-0.1, -0.05) is 60.7 Å². The van der Waals surface area contributed by atoms with Crippen molar-refractivity contribution in [3.05, 3.63) is 101 Å². The van der Waals surface area contributed by atoms with Crippen LogP contribution in [0.4, 0.5) is 0 Å². The van der Waals surface area contributed by atoms with E-state index in [9.17, 15) is 14.7 Å². The molecule has 4 aromatic rings. The molecule has 2 N–H and O–H groups in total. The first-order valence-corrected chi connectivity index (χ1v) is 13.4. The summed E-state index contributed by atoms with van der Waals surface area (Å²) in [5.74, 6) is -0.731. The van der Waals surface area contributed by atoms with Gasteiger partial charge in [-0.25, -0.2) is 4.79 Å². The second-order valence-electron chi connectivity index (χ2n) is 8.86. The molecule has 5 nitrogen and oxygen atoms in total. The Morgan fingerprint density at radius 2 is 1.75 bits per heavy atom. The largest absolute Gasteiger partial charge is 0.480 e. The number of carboxylic acids is 1. The average Bonchev–Trinajstić information content (AvgIpc) is 2.89. The van der Waals surface area contributed by atoms with Gasteiger partial charge in [0.2, 0.25) is 0 Å². The molecule has 4 rings (SSSR count). The third-order valence-electron chi connectivity index (χ3n) is 6.41. The lowest BCUT2D eigenvalue weighted by atomic mass is 9.92. The van der Waals surface area contributed by atoms with Gasteiger partial charge in [-0.2, -0.15) is 11.8 Å². The number of aryl methyl sites for hydroxylation is 3. The lowest BCUT2D eigenvalue weighted by Gasteiger charge is -2.18. The van der Waals surface area contributed by atoms with E-state index in [1.54, 1.807) is 11.8 Å². The first-order chi connectivity index (χ1) is 17.5. The van der Waals surface area contributed by atoms with Crippen LogP contribution in [0.3, 0.4) is 0 Å². The zero-order chi connectivity index (χ0) is 25.5. The van der Waals surface area contributed by atoms with Gasteiger partial charge in [-0.15, -0.1) is 0 Å². The Hall–Kier alpha value is -3.64. The first kappa shape index (κ1) is 25.5. The summed E-state index contributed by atoms with van der Waals surface area (Å²) in [6.45, 7) is 2.02. The number of carbonyl (C=O) groups excluding carboxylic acids is 1. The second kappa shape index (κ2) is 11.9. The van der Waals surface area contributed by atoms with Crippen molar-refractivity contribution < 1.29 is 14.7 Å². The fraction of sp³-hybridized carbons (Fsp3) is 0.233. The van der Waals surface area contributed by atoms with Crippen molar-refractivity contribution in [3.8, 4) is 11.1 Å². The van der Waals surface area contributed by atoms with Crippen molar-refractivity contribution in [2.24, 2.45) is 0 Å². The number of hydrogen-bond donors (Lipinski definition) is 2. The number of nitrogens with one attached hydrogen (secondary N) is 1. The number of aromatic nitrogens is 1. The summed E-state index contributed by atoms with van der Waals surface area (Å²) >= 11 is 1.56. The minimum atomic E-state index is -1.02. The summed E-state index contributed by atoms with van der Waals surface area (Å²) in [5, 5.41) is 14.7. The van der Waals surface area contributed by atoms with Gasteiger partial charge in [-0.05, 0) is 77.5 Å². The van der Waals surface area contributed by atoms with E-state index in [2.05, 4.69) is 28.5 Å². The van der Waals surface area contributed by atoms with Crippen LogP contribution in [0.2, 0.25) is 0 Å². The quantitative estimate of drug-likeness (QED) is 0.283. The van der Waals surface area contributed by atoms with Crippen LogP contribution in [0.15, 0.2) is 79.1 Å². The third kappa shape index (κ3) is 5.94. The zero-order valence-corrected chi connectivity index (χ0v) is 21.3. The molecule has 3 aromatic carbocycles. The number of pyridine rings is 1. The molecule has 0 saturated heterocycles. The van der Waals surface area contributed by atoms with Crippen molar-refractivity contribution in [1.29, 1.82) is 0 Å². The number of aliphatic carboxylic acids is 1. The highest BCUT2D eigenvalue weighted by atomic mass is 32.2. The van der Waals surface area contributed by atoms with E-state index < -0.39 is 12.0 Å². The number of thioether (sulfide) groups is 1. The molecule has 1 unspecified atom stereocenters. The highest BCUT2D eigenvalue weighted by Gasteiger charge is 2.22. The number of carbonyl (C=O) groups is 2. The van der Waals surface area contributed by atoms with Crippen molar-refractivity contribution >= 4 is 34.4 Å². The number of benzene rings is 3. The molecule has 6 heteroatoms. The molecular formula is C30H30N2O3S. The summed E-state index contributed by atoms with van der Waals surface area (Å²) in [6.07, 6.45) is 7.72. The number of carboxylic acid groups (broad SMARTS) is 1. The van der Waals surface area contributed by atoms with Gasteiger partial charge < -0.3 is 10.4 Å². The first-order valence-electron chi connectivity index (χ1n) is 12.0.